The Bertz CT molecular complexity index is 418. The van der Waals surface area contributed by atoms with E-state index in [0.717, 1.165) is 37.7 Å². The summed E-state index contributed by atoms with van der Waals surface area (Å²) in [5.74, 6) is -0.0821. The molecule has 0 aliphatic heterocycles. The van der Waals surface area contributed by atoms with Crippen molar-refractivity contribution < 1.29 is 42.0 Å². The Morgan fingerprint density at radius 2 is 2.26 bits per heavy atom. The average Bonchev–Trinajstić information content (AvgIpc) is 2.33. The first-order valence-electron chi connectivity index (χ1n) is 5.68. The second-order valence-electron chi connectivity index (χ2n) is 4.02. The van der Waals surface area contributed by atoms with Crippen LogP contribution in [0.15, 0.2) is 12.1 Å². The van der Waals surface area contributed by atoms with Crippen molar-refractivity contribution in [1.29, 1.82) is 0 Å². The van der Waals surface area contributed by atoms with Crippen molar-refractivity contribution >= 4 is 38.3 Å². The van der Waals surface area contributed by atoms with Crippen molar-refractivity contribution in [2.45, 2.75) is 26.4 Å². The molecule has 103 valence electrons. The van der Waals surface area contributed by atoms with Gasteiger partial charge in [0.2, 0.25) is 5.91 Å². The fraction of sp³-hybridized carbons (Fsp3) is 0.417. The number of nitrogens with one attached hydrogen (secondary N) is 1. The molecule has 0 saturated carbocycles. The van der Waals surface area contributed by atoms with Gasteiger partial charge in [0.1, 0.15) is 0 Å². The fourth-order valence-corrected chi connectivity index (χ4v) is 2.80. The van der Waals surface area contributed by atoms with Gasteiger partial charge in [0.05, 0.1) is 6.10 Å². The predicted molar refractivity (Wildman–Crippen MR) is 85.4 cm³/mol. The summed E-state index contributed by atoms with van der Waals surface area (Å²) in [5, 5.41) is 2.79. The molecule has 0 spiro atoms. The van der Waals surface area contributed by atoms with Gasteiger partial charge in [-0.25, -0.2) is 0 Å². The molecule has 1 aromatic carbocycles. The molecule has 1 rings (SSSR count). The van der Waals surface area contributed by atoms with Crippen molar-refractivity contribution in [3.8, 4) is 0 Å². The zero-order valence-electron chi connectivity index (χ0n) is 11.2. The van der Waals surface area contributed by atoms with Crippen molar-refractivity contribution in [3.05, 3.63) is 29.3 Å². The summed E-state index contributed by atoms with van der Waals surface area (Å²) in [6, 6.07) is 7.21. The van der Waals surface area contributed by atoms with Crippen LogP contribution in [0, 0.1) is 13.0 Å². The molecule has 1 amide bonds. The van der Waals surface area contributed by atoms with Crippen molar-refractivity contribution in [2.75, 3.05) is 11.5 Å². The molecule has 0 saturated heterocycles. The number of carbonyl (C=O) groups is 1. The van der Waals surface area contributed by atoms with Gasteiger partial charge in [0.15, 0.2) is 0 Å². The third-order valence-electron chi connectivity index (χ3n) is 2.54. The van der Waals surface area contributed by atoms with Crippen LogP contribution in [-0.4, -0.2) is 12.1 Å². The average molecular weight is 391 g/mol. The van der Waals surface area contributed by atoms with E-state index in [9.17, 15) is 4.79 Å². The number of hydrogen-bond acceptors (Lipinski definition) is 2. The molecule has 1 aromatic rings. The Morgan fingerprint density at radius 1 is 1.58 bits per heavy atom. The van der Waals surface area contributed by atoms with Gasteiger partial charge in [-0.1, -0.05) is 12.6 Å². The van der Waals surface area contributed by atoms with Gasteiger partial charge in [-0.2, -0.15) is 18.2 Å². The normalized spacial score (nSPS) is 12.2. The molecule has 19 heavy (non-hydrogen) atoms. The van der Waals surface area contributed by atoms with Crippen LogP contribution in [0.4, 0.5) is 5.69 Å². The Kier molecular flexibility index (Phi) is 11.3. The van der Waals surface area contributed by atoms with Crippen molar-refractivity contribution in [3.63, 3.8) is 0 Å². The summed E-state index contributed by atoms with van der Waals surface area (Å²) in [4.78, 5) is 11.1. The Labute approximate surface area is 146 Å². The van der Waals surface area contributed by atoms with E-state index < -0.39 is 0 Å². The molecule has 4 atom stereocenters. The van der Waals surface area contributed by atoms with Gasteiger partial charge in [-0.15, -0.1) is 28.3 Å². The van der Waals surface area contributed by atoms with Gasteiger partial charge >= 0.3 is 0 Å². The summed E-state index contributed by atoms with van der Waals surface area (Å²) in [5.41, 5.74) is 2.72. The maximum atomic E-state index is 11.1. The molecule has 0 bridgehead atoms. The number of rotatable bonds is 6. The smallest absolute Gasteiger partial charge is 0.219 e. The van der Waals surface area contributed by atoms with Crippen LogP contribution in [0.25, 0.3) is 0 Å². The quantitative estimate of drug-likeness (QED) is 0.596. The van der Waals surface area contributed by atoms with Gasteiger partial charge in [0, 0.05) is 49.1 Å². The van der Waals surface area contributed by atoms with Gasteiger partial charge in [-0.3, -0.25) is 4.79 Å². The summed E-state index contributed by atoms with van der Waals surface area (Å²) in [6.07, 6.45) is 2.06. The summed E-state index contributed by atoms with van der Waals surface area (Å²) >= 11 is 0. The van der Waals surface area contributed by atoms with Crippen LogP contribution in [0.5, 0.6) is 0 Å². The number of aryl methyl sites for hydroxylation is 1. The van der Waals surface area contributed by atoms with Gasteiger partial charge in [-0.05, 0) is 12.6 Å². The van der Waals surface area contributed by atoms with Gasteiger partial charge < -0.3 is 9.84 Å². The maximum absolute atomic E-state index is 11.1. The Balaban J connectivity index is 0.00000324. The van der Waals surface area contributed by atoms with Crippen LogP contribution in [0.3, 0.4) is 0 Å². The summed E-state index contributed by atoms with van der Waals surface area (Å²) < 4.78 is 5.41. The van der Waals surface area contributed by atoms with Crippen molar-refractivity contribution in [2.24, 2.45) is 0 Å². The Hall–Kier alpha value is 1.04. The zero-order valence-corrected chi connectivity index (χ0v) is 17.3. The molecule has 3 nitrogen and oxygen atoms in total. The van der Waals surface area contributed by atoms with E-state index >= 15 is 0 Å². The van der Waals surface area contributed by atoms with Crippen molar-refractivity contribution in [1.82, 2.24) is 0 Å². The standard InChI is InChI=1S/C12H19NO2P3.Y/c1-8-3-4-10(7-11(8)13-9(2)14)12(15-16)5-6-18-17;/h3-4,12,18H,5-6,16-17H2,1-2H3,(H,13,14);/q-1;/t12-;/m0./s1. The second kappa shape index (κ2) is 10.7. The van der Waals surface area contributed by atoms with E-state index in [4.69, 9.17) is 4.52 Å². The number of amides is 1. The van der Waals surface area contributed by atoms with Crippen LogP contribution in [0.2, 0.25) is 0 Å². The molecule has 0 aliphatic carbocycles. The van der Waals surface area contributed by atoms with Gasteiger partial charge in [0.25, 0.3) is 0 Å². The SMILES string of the molecule is CC(=O)Nc1[c-]c([C@H](CCPP)OP)ccc1C.[Y]. The monoisotopic (exact) mass is 391 g/mol. The molecule has 0 aromatic heterocycles. The molecule has 7 heteroatoms. The third-order valence-corrected chi connectivity index (χ3v) is 4.31. The Morgan fingerprint density at radius 3 is 2.79 bits per heavy atom. The number of anilines is 1. The molecule has 3 unspecified atom stereocenters. The molecular weight excluding hydrogens is 372 g/mol. The number of carbonyl (C=O) groups excluding carboxylic acids is 1. The molecule has 0 aliphatic rings. The summed E-state index contributed by atoms with van der Waals surface area (Å²) in [7, 11) is 5.89. The molecular formula is C12H19NO2P3Y-. The predicted octanol–water partition coefficient (Wildman–Crippen LogP) is 3.46. The molecule has 1 radical (unpaired) electrons. The third kappa shape index (κ3) is 7.03. The first-order chi connectivity index (χ1) is 8.58. The minimum atomic E-state index is -0.0821. The molecule has 0 fully saturated rings. The minimum Gasteiger partial charge on any atom is -0.360 e. The zero-order chi connectivity index (χ0) is 13.5. The van der Waals surface area contributed by atoms with Crippen LogP contribution in [-0.2, 0) is 42.0 Å². The molecule has 1 N–H and O–H groups in total. The molecule has 0 heterocycles. The minimum absolute atomic E-state index is 0. The first-order valence-corrected chi connectivity index (χ1v) is 9.16. The first kappa shape index (κ1) is 20.0. The van der Waals surface area contributed by atoms with Crippen LogP contribution < -0.4 is 5.32 Å². The van der Waals surface area contributed by atoms with E-state index in [1.165, 1.54) is 6.92 Å². The van der Waals surface area contributed by atoms with E-state index in [1.54, 1.807) is 0 Å². The number of benzene rings is 1. The van der Waals surface area contributed by atoms with Crippen LogP contribution >= 0.6 is 26.7 Å². The van der Waals surface area contributed by atoms with E-state index in [1.807, 2.05) is 19.1 Å². The van der Waals surface area contributed by atoms with E-state index in [0.29, 0.717) is 0 Å². The van der Waals surface area contributed by atoms with E-state index in [2.05, 4.69) is 29.8 Å². The topological polar surface area (TPSA) is 38.3 Å². The maximum Gasteiger partial charge on any atom is 0.219 e. The van der Waals surface area contributed by atoms with E-state index in [-0.39, 0.29) is 44.7 Å². The largest absolute Gasteiger partial charge is 0.360 e. The fourth-order valence-electron chi connectivity index (χ4n) is 1.59. The number of hydrogen-bond donors (Lipinski definition) is 1. The van der Waals surface area contributed by atoms with Crippen LogP contribution in [0.1, 0.15) is 30.6 Å². The second-order valence-corrected chi connectivity index (χ2v) is 6.43. The summed E-state index contributed by atoms with van der Waals surface area (Å²) in [6.45, 7) is 3.45.